The van der Waals surface area contributed by atoms with Crippen molar-refractivity contribution in [3.05, 3.63) is 58.3 Å². The minimum absolute atomic E-state index is 0.235. The molecule has 0 amide bonds. The van der Waals surface area contributed by atoms with Crippen molar-refractivity contribution in [3.8, 4) is 0 Å². The van der Waals surface area contributed by atoms with Gasteiger partial charge < -0.3 is 15.4 Å². The van der Waals surface area contributed by atoms with E-state index in [1.54, 1.807) is 24.3 Å². The van der Waals surface area contributed by atoms with E-state index in [4.69, 9.17) is 0 Å². The Morgan fingerprint density at radius 1 is 1.24 bits per heavy atom. The fourth-order valence-corrected chi connectivity index (χ4v) is 2.36. The van der Waals surface area contributed by atoms with Crippen LogP contribution in [0.1, 0.15) is 5.56 Å². The molecule has 0 unspecified atom stereocenters. The maximum atomic E-state index is 11.3. The molecule has 0 aliphatic rings. The number of nitro groups is 1. The summed E-state index contributed by atoms with van der Waals surface area (Å²) in [4.78, 5) is 14.2. The Bertz CT molecular complexity index is 757. The van der Waals surface area contributed by atoms with Crippen molar-refractivity contribution in [2.75, 3.05) is 11.6 Å². The van der Waals surface area contributed by atoms with Crippen molar-refractivity contribution in [2.45, 2.75) is 11.4 Å². The third kappa shape index (κ3) is 3.76. The summed E-state index contributed by atoms with van der Waals surface area (Å²) in [5.74, 6) is -0.245. The first-order valence-electron chi connectivity index (χ1n) is 6.00. The molecular weight excluding hydrogens is 294 g/mol. The van der Waals surface area contributed by atoms with Crippen LogP contribution in [0.5, 0.6) is 0 Å². The van der Waals surface area contributed by atoms with Gasteiger partial charge in [-0.2, -0.15) is 0 Å². The number of rotatable bonds is 5. The summed E-state index contributed by atoms with van der Waals surface area (Å²) in [5.41, 5.74) is 1.12. The lowest BCUT2D eigenvalue weighted by atomic mass is 10.2. The SMILES string of the molecule is CS(=O)(=O)c1ccc(CNc2cccnc2[N+](=O)[O-])cc1. The number of hydrogen-bond donors (Lipinski definition) is 1. The van der Waals surface area contributed by atoms with Crippen LogP contribution in [-0.4, -0.2) is 24.6 Å². The molecule has 0 fully saturated rings. The molecule has 0 radical (unpaired) electrons. The Kier molecular flexibility index (Phi) is 4.18. The molecule has 0 spiro atoms. The maximum absolute atomic E-state index is 11.3. The molecule has 21 heavy (non-hydrogen) atoms. The molecule has 0 aliphatic heterocycles. The topological polar surface area (TPSA) is 102 Å². The van der Waals surface area contributed by atoms with Crippen LogP contribution in [0.3, 0.4) is 0 Å². The van der Waals surface area contributed by atoms with E-state index in [0.29, 0.717) is 12.2 Å². The molecule has 0 bridgehead atoms. The number of pyridine rings is 1. The molecule has 7 nitrogen and oxygen atoms in total. The zero-order valence-corrected chi connectivity index (χ0v) is 12.0. The number of aromatic nitrogens is 1. The van der Waals surface area contributed by atoms with E-state index < -0.39 is 14.8 Å². The number of anilines is 1. The quantitative estimate of drug-likeness (QED) is 0.669. The summed E-state index contributed by atoms with van der Waals surface area (Å²) in [5, 5.41) is 13.7. The fourth-order valence-electron chi connectivity index (χ4n) is 1.73. The highest BCUT2D eigenvalue weighted by atomic mass is 32.2. The van der Waals surface area contributed by atoms with Crippen LogP contribution in [0.4, 0.5) is 11.5 Å². The van der Waals surface area contributed by atoms with Crippen LogP contribution in [0.2, 0.25) is 0 Å². The first kappa shape index (κ1) is 14.9. The summed E-state index contributed by atoms with van der Waals surface area (Å²) in [7, 11) is -3.22. The van der Waals surface area contributed by atoms with Gasteiger partial charge in [-0.15, -0.1) is 0 Å². The van der Waals surface area contributed by atoms with E-state index in [0.717, 1.165) is 11.8 Å². The largest absolute Gasteiger partial charge is 0.386 e. The third-order valence-electron chi connectivity index (χ3n) is 2.79. The third-order valence-corrected chi connectivity index (χ3v) is 3.92. The molecule has 0 atom stereocenters. The van der Waals surface area contributed by atoms with E-state index in [2.05, 4.69) is 10.3 Å². The summed E-state index contributed by atoms with van der Waals surface area (Å²) in [6.07, 6.45) is 2.49. The van der Waals surface area contributed by atoms with Gasteiger partial charge in [0.2, 0.25) is 0 Å². The molecule has 1 heterocycles. The Morgan fingerprint density at radius 3 is 2.48 bits per heavy atom. The average molecular weight is 307 g/mol. The molecule has 110 valence electrons. The van der Waals surface area contributed by atoms with Gasteiger partial charge in [0.1, 0.15) is 11.9 Å². The standard InChI is InChI=1S/C13H13N3O4S/c1-21(19,20)11-6-4-10(5-7-11)9-15-12-3-2-8-14-13(12)16(17)18/h2-8,15H,9H2,1H3. The van der Waals surface area contributed by atoms with Crippen molar-refractivity contribution >= 4 is 21.3 Å². The fraction of sp³-hybridized carbons (Fsp3) is 0.154. The van der Waals surface area contributed by atoms with Gasteiger partial charge in [-0.3, -0.25) is 0 Å². The average Bonchev–Trinajstić information content (AvgIpc) is 2.45. The molecule has 1 N–H and O–H groups in total. The molecule has 0 saturated heterocycles. The number of hydrogen-bond acceptors (Lipinski definition) is 6. The smallest absolute Gasteiger partial charge is 0.374 e. The molecule has 2 rings (SSSR count). The summed E-state index contributed by atoms with van der Waals surface area (Å²) in [6, 6.07) is 9.49. The monoisotopic (exact) mass is 307 g/mol. The molecule has 1 aromatic heterocycles. The normalized spacial score (nSPS) is 11.1. The molecule has 1 aromatic carbocycles. The Balaban J connectivity index is 2.12. The van der Waals surface area contributed by atoms with Crippen LogP contribution in [0.15, 0.2) is 47.5 Å². The van der Waals surface area contributed by atoms with E-state index in [9.17, 15) is 18.5 Å². The molecule has 0 aliphatic carbocycles. The minimum atomic E-state index is -3.22. The molecule has 2 aromatic rings. The van der Waals surface area contributed by atoms with Crippen LogP contribution in [-0.2, 0) is 16.4 Å². The van der Waals surface area contributed by atoms with Gasteiger partial charge in [-0.1, -0.05) is 12.1 Å². The van der Waals surface area contributed by atoms with E-state index in [1.165, 1.54) is 18.3 Å². The zero-order chi connectivity index (χ0) is 15.5. The van der Waals surface area contributed by atoms with Crippen molar-refractivity contribution in [1.82, 2.24) is 4.98 Å². The maximum Gasteiger partial charge on any atom is 0.386 e. The summed E-state index contributed by atoms with van der Waals surface area (Å²) < 4.78 is 22.7. The molecule has 0 saturated carbocycles. The zero-order valence-electron chi connectivity index (χ0n) is 11.2. The number of benzene rings is 1. The van der Waals surface area contributed by atoms with E-state index in [1.807, 2.05) is 0 Å². The number of sulfone groups is 1. The highest BCUT2D eigenvalue weighted by Crippen LogP contribution is 2.21. The highest BCUT2D eigenvalue weighted by molar-refractivity contribution is 7.90. The lowest BCUT2D eigenvalue weighted by molar-refractivity contribution is -0.388. The Labute approximate surface area is 121 Å². The second-order valence-corrected chi connectivity index (χ2v) is 6.42. The van der Waals surface area contributed by atoms with Gasteiger partial charge in [0.25, 0.3) is 0 Å². The van der Waals surface area contributed by atoms with Crippen molar-refractivity contribution in [3.63, 3.8) is 0 Å². The first-order chi connectivity index (χ1) is 9.88. The van der Waals surface area contributed by atoms with Gasteiger partial charge in [-0.25, -0.2) is 8.42 Å². The first-order valence-corrected chi connectivity index (χ1v) is 7.89. The van der Waals surface area contributed by atoms with Crippen LogP contribution in [0.25, 0.3) is 0 Å². The number of nitrogens with zero attached hydrogens (tertiary/aromatic N) is 2. The second-order valence-electron chi connectivity index (χ2n) is 4.40. The lowest BCUT2D eigenvalue weighted by Crippen LogP contribution is -2.04. The van der Waals surface area contributed by atoms with Gasteiger partial charge in [0.05, 0.1) is 4.90 Å². The molecular formula is C13H13N3O4S. The predicted octanol–water partition coefficient (Wildman–Crippen LogP) is 2.01. The van der Waals surface area contributed by atoms with Gasteiger partial charge in [0.15, 0.2) is 9.84 Å². The number of nitrogens with one attached hydrogen (secondary N) is 1. The highest BCUT2D eigenvalue weighted by Gasteiger charge is 2.13. The lowest BCUT2D eigenvalue weighted by Gasteiger charge is -2.07. The van der Waals surface area contributed by atoms with E-state index >= 15 is 0 Å². The summed E-state index contributed by atoms with van der Waals surface area (Å²) >= 11 is 0. The van der Waals surface area contributed by atoms with Gasteiger partial charge in [0, 0.05) is 12.8 Å². The van der Waals surface area contributed by atoms with Gasteiger partial charge in [-0.05, 0) is 39.7 Å². The van der Waals surface area contributed by atoms with Crippen molar-refractivity contribution in [1.29, 1.82) is 0 Å². The Morgan fingerprint density at radius 2 is 1.90 bits per heavy atom. The van der Waals surface area contributed by atoms with E-state index in [-0.39, 0.29) is 10.7 Å². The van der Waals surface area contributed by atoms with Crippen LogP contribution in [0, 0.1) is 10.1 Å². The Hall–Kier alpha value is -2.48. The second kappa shape index (κ2) is 5.88. The van der Waals surface area contributed by atoms with Crippen LogP contribution >= 0.6 is 0 Å². The predicted molar refractivity (Wildman–Crippen MR) is 77.8 cm³/mol. The molecule has 8 heteroatoms. The minimum Gasteiger partial charge on any atom is -0.374 e. The van der Waals surface area contributed by atoms with Gasteiger partial charge >= 0.3 is 5.82 Å². The van der Waals surface area contributed by atoms with Crippen molar-refractivity contribution in [2.24, 2.45) is 0 Å². The van der Waals surface area contributed by atoms with Crippen LogP contribution < -0.4 is 5.32 Å². The van der Waals surface area contributed by atoms with Crippen molar-refractivity contribution < 1.29 is 13.3 Å². The summed E-state index contributed by atoms with van der Waals surface area (Å²) in [6.45, 7) is 0.330.